The molecule has 1 amide bonds. The summed E-state index contributed by atoms with van der Waals surface area (Å²) < 4.78 is 5.57. The second-order valence-corrected chi connectivity index (χ2v) is 8.22. The molecule has 0 bridgehead atoms. The highest BCUT2D eigenvalue weighted by atomic mass is 16.6. The fourth-order valence-electron chi connectivity index (χ4n) is 3.76. The van der Waals surface area contributed by atoms with E-state index in [1.807, 2.05) is 35.2 Å². The molecule has 0 atom stereocenters. The Morgan fingerprint density at radius 1 is 1.07 bits per heavy atom. The quantitative estimate of drug-likeness (QED) is 0.180. The molecule has 0 saturated heterocycles. The third-order valence-electron chi connectivity index (χ3n) is 5.52. The number of nitro groups is 2. The predicted octanol–water partition coefficient (Wildman–Crippen LogP) is 5.68. The van der Waals surface area contributed by atoms with Gasteiger partial charge in [-0.25, -0.2) is 0 Å². The molecule has 0 unspecified atom stereocenters. The van der Waals surface area contributed by atoms with Gasteiger partial charge >= 0.3 is 5.69 Å². The maximum atomic E-state index is 12.0. The van der Waals surface area contributed by atoms with Crippen molar-refractivity contribution in [2.75, 3.05) is 23.9 Å². The number of azo groups is 1. The number of methoxy groups -OCH3 is 1. The number of nitriles is 2. The lowest BCUT2D eigenvalue weighted by molar-refractivity contribution is -0.393. The third kappa shape index (κ3) is 6.90. The summed E-state index contributed by atoms with van der Waals surface area (Å²) in [5.41, 5.74) is -0.662. The van der Waals surface area contributed by atoms with Gasteiger partial charge in [0.1, 0.15) is 17.5 Å². The summed E-state index contributed by atoms with van der Waals surface area (Å²) in [4.78, 5) is 34.9. The van der Waals surface area contributed by atoms with Gasteiger partial charge in [0, 0.05) is 32.1 Å². The number of carbonyl (C=O) groups is 1. The topological polar surface area (TPSA) is 200 Å². The summed E-state index contributed by atoms with van der Waals surface area (Å²) in [6.45, 7) is 2.03. The van der Waals surface area contributed by atoms with Crippen molar-refractivity contribution < 1.29 is 19.4 Å². The standard InChI is InChI=1S/C26H22N8O6/c1-17(35)29-21-13-23(32(10-6-9-27)16-18-7-4-3-5-8-18)25(40-2)14-22(21)30-31-26-19(15-28)11-20(33(36)37)12-24(26)34(38)39/h3-5,7-8,11-14H,6,10,16H2,1-2H3,(H,29,35)/b31-30+. The van der Waals surface area contributed by atoms with E-state index < -0.39 is 38.4 Å². The number of hydrogen-bond donors (Lipinski definition) is 1. The number of rotatable bonds is 11. The van der Waals surface area contributed by atoms with Gasteiger partial charge < -0.3 is 15.0 Å². The van der Waals surface area contributed by atoms with Crippen LogP contribution in [0.4, 0.5) is 34.1 Å². The van der Waals surface area contributed by atoms with Crippen LogP contribution in [0.2, 0.25) is 0 Å². The van der Waals surface area contributed by atoms with Crippen molar-refractivity contribution in [3.05, 3.63) is 86.0 Å². The second kappa shape index (κ2) is 13.1. The lowest BCUT2D eigenvalue weighted by Gasteiger charge is -2.27. The van der Waals surface area contributed by atoms with E-state index in [9.17, 15) is 35.5 Å². The molecule has 0 heterocycles. The molecule has 0 aliphatic rings. The van der Waals surface area contributed by atoms with Crippen LogP contribution in [0.1, 0.15) is 24.5 Å². The van der Waals surface area contributed by atoms with Crippen molar-refractivity contribution in [2.45, 2.75) is 19.9 Å². The number of carbonyl (C=O) groups excluding carboxylic acids is 1. The molecule has 3 aromatic carbocycles. The molecule has 0 aliphatic heterocycles. The van der Waals surface area contributed by atoms with Gasteiger partial charge in [0.05, 0.1) is 52.5 Å². The van der Waals surface area contributed by atoms with Crippen molar-refractivity contribution in [1.29, 1.82) is 10.5 Å². The molecule has 0 saturated carbocycles. The average molecular weight is 543 g/mol. The summed E-state index contributed by atoms with van der Waals surface area (Å²) in [7, 11) is 1.41. The minimum Gasteiger partial charge on any atom is -0.494 e. The van der Waals surface area contributed by atoms with E-state index in [1.165, 1.54) is 20.1 Å². The van der Waals surface area contributed by atoms with Gasteiger partial charge in [0.25, 0.3) is 5.69 Å². The zero-order valence-electron chi connectivity index (χ0n) is 21.4. The first-order chi connectivity index (χ1) is 19.2. The van der Waals surface area contributed by atoms with Crippen LogP contribution in [0.25, 0.3) is 0 Å². The minimum absolute atomic E-state index is 0.0345. The fraction of sp³-hybridized carbons (Fsp3) is 0.192. The van der Waals surface area contributed by atoms with Crippen LogP contribution >= 0.6 is 0 Å². The molecule has 1 N–H and O–H groups in total. The van der Waals surface area contributed by atoms with Gasteiger partial charge in [0.15, 0.2) is 5.69 Å². The highest BCUT2D eigenvalue weighted by Gasteiger charge is 2.25. The first-order valence-corrected chi connectivity index (χ1v) is 11.6. The number of non-ortho nitro benzene ring substituents is 1. The Morgan fingerprint density at radius 2 is 1.80 bits per heavy atom. The molecule has 3 rings (SSSR count). The van der Waals surface area contributed by atoms with Gasteiger partial charge in [-0.1, -0.05) is 30.3 Å². The number of benzene rings is 3. The molecular weight excluding hydrogens is 520 g/mol. The summed E-state index contributed by atoms with van der Waals surface area (Å²) >= 11 is 0. The molecule has 14 heteroatoms. The number of hydrogen-bond acceptors (Lipinski definition) is 11. The molecule has 0 spiro atoms. The average Bonchev–Trinajstić information content (AvgIpc) is 2.94. The van der Waals surface area contributed by atoms with E-state index in [0.717, 1.165) is 11.6 Å². The largest absolute Gasteiger partial charge is 0.494 e. The Hall–Kier alpha value is -5.89. The maximum Gasteiger partial charge on any atom is 0.304 e. The Labute approximate surface area is 228 Å². The smallest absolute Gasteiger partial charge is 0.304 e. The van der Waals surface area contributed by atoms with Gasteiger partial charge in [-0.15, -0.1) is 10.2 Å². The molecule has 0 fully saturated rings. The molecule has 3 aromatic rings. The molecule has 14 nitrogen and oxygen atoms in total. The van der Waals surface area contributed by atoms with E-state index in [1.54, 1.807) is 12.1 Å². The fourth-order valence-corrected chi connectivity index (χ4v) is 3.76. The van der Waals surface area contributed by atoms with Crippen LogP contribution in [-0.2, 0) is 11.3 Å². The van der Waals surface area contributed by atoms with Crippen molar-refractivity contribution in [1.82, 2.24) is 0 Å². The Balaban J connectivity index is 2.17. The Bertz CT molecular complexity index is 1560. The van der Waals surface area contributed by atoms with Gasteiger partial charge in [-0.05, 0) is 11.6 Å². The van der Waals surface area contributed by atoms with Crippen molar-refractivity contribution in [2.24, 2.45) is 10.2 Å². The number of amides is 1. The third-order valence-corrected chi connectivity index (χ3v) is 5.52. The summed E-state index contributed by atoms with van der Waals surface area (Å²) in [6, 6.07) is 17.8. The first kappa shape index (κ1) is 28.7. The van der Waals surface area contributed by atoms with E-state index in [-0.39, 0.29) is 17.8 Å². The van der Waals surface area contributed by atoms with Crippen LogP contribution in [0.5, 0.6) is 5.75 Å². The van der Waals surface area contributed by atoms with Gasteiger partial charge in [-0.2, -0.15) is 10.5 Å². The van der Waals surface area contributed by atoms with Crippen LogP contribution in [0.15, 0.2) is 64.8 Å². The number of ether oxygens (including phenoxy) is 1. The molecular formula is C26H22N8O6. The molecule has 0 aromatic heterocycles. The second-order valence-electron chi connectivity index (χ2n) is 8.22. The molecule has 0 aliphatic carbocycles. The first-order valence-electron chi connectivity index (χ1n) is 11.6. The van der Waals surface area contributed by atoms with Crippen molar-refractivity contribution >= 4 is 40.0 Å². The summed E-state index contributed by atoms with van der Waals surface area (Å²) in [5, 5.41) is 52.0. The lowest BCUT2D eigenvalue weighted by Crippen LogP contribution is -2.24. The zero-order chi connectivity index (χ0) is 29.2. The Morgan fingerprint density at radius 3 is 2.38 bits per heavy atom. The highest BCUT2D eigenvalue weighted by Crippen LogP contribution is 2.42. The number of nitrogens with one attached hydrogen (secondary N) is 1. The van der Waals surface area contributed by atoms with E-state index in [2.05, 4.69) is 21.6 Å². The normalized spacial score (nSPS) is 10.4. The van der Waals surface area contributed by atoms with Gasteiger partial charge in [0.2, 0.25) is 5.91 Å². The van der Waals surface area contributed by atoms with E-state index >= 15 is 0 Å². The zero-order valence-corrected chi connectivity index (χ0v) is 21.4. The van der Waals surface area contributed by atoms with Crippen LogP contribution < -0.4 is 15.0 Å². The van der Waals surface area contributed by atoms with E-state index in [0.29, 0.717) is 30.6 Å². The summed E-state index contributed by atoms with van der Waals surface area (Å²) in [6.07, 6.45) is 0.202. The SMILES string of the molecule is COc1cc(/N=N/c2c(C#N)cc([N+](=O)[O-])cc2[N+](=O)[O-])c(NC(C)=O)cc1N(CCC#N)Cc1ccccc1. The number of anilines is 2. The van der Waals surface area contributed by atoms with Crippen LogP contribution in [0.3, 0.4) is 0 Å². The van der Waals surface area contributed by atoms with E-state index in [4.69, 9.17) is 4.74 Å². The monoisotopic (exact) mass is 542 g/mol. The maximum absolute atomic E-state index is 12.0. The lowest BCUT2D eigenvalue weighted by atomic mass is 10.1. The van der Waals surface area contributed by atoms with Gasteiger partial charge in [-0.3, -0.25) is 25.0 Å². The Kier molecular flexibility index (Phi) is 9.37. The highest BCUT2D eigenvalue weighted by molar-refractivity contribution is 5.94. The van der Waals surface area contributed by atoms with Crippen LogP contribution in [0, 0.1) is 42.9 Å². The molecule has 0 radical (unpaired) electrons. The minimum atomic E-state index is -0.905. The summed E-state index contributed by atoms with van der Waals surface area (Å²) in [5.74, 6) is -0.145. The van der Waals surface area contributed by atoms with Crippen molar-refractivity contribution in [3.8, 4) is 17.9 Å². The van der Waals surface area contributed by atoms with Crippen molar-refractivity contribution in [3.63, 3.8) is 0 Å². The molecule has 202 valence electrons. The number of nitrogens with zero attached hydrogens (tertiary/aromatic N) is 7. The number of nitro benzene ring substituents is 2. The van der Waals surface area contributed by atoms with Crippen LogP contribution in [-0.4, -0.2) is 29.4 Å². The predicted molar refractivity (Wildman–Crippen MR) is 144 cm³/mol. The molecule has 40 heavy (non-hydrogen) atoms.